The highest BCUT2D eigenvalue weighted by atomic mass is 16.7. The normalized spacial score (nSPS) is 32.0. The minimum Gasteiger partial charge on any atom is -0.454 e. The summed E-state index contributed by atoms with van der Waals surface area (Å²) in [7, 11) is 0. The predicted molar refractivity (Wildman–Crippen MR) is 75.0 cm³/mol. The molecule has 23 heavy (non-hydrogen) atoms. The summed E-state index contributed by atoms with van der Waals surface area (Å²) in [5, 5.41) is 10.0. The molecule has 7 heteroatoms. The molecular formula is C16H14O7. The molecular weight excluding hydrogens is 304 g/mol. The minimum atomic E-state index is -1.26. The van der Waals surface area contributed by atoms with Gasteiger partial charge in [0.05, 0.1) is 5.56 Å². The number of benzene rings is 1. The van der Waals surface area contributed by atoms with Crippen LogP contribution in [0, 0.1) is 12.3 Å². The van der Waals surface area contributed by atoms with Crippen molar-refractivity contribution in [3.63, 3.8) is 0 Å². The monoisotopic (exact) mass is 318 g/mol. The number of fused-ring (bicyclic) bond motifs is 1. The number of hydrogen-bond donors (Lipinski definition) is 1. The van der Waals surface area contributed by atoms with Gasteiger partial charge in [0.15, 0.2) is 12.4 Å². The largest absolute Gasteiger partial charge is 0.454 e. The van der Waals surface area contributed by atoms with E-state index in [9.17, 15) is 14.7 Å². The van der Waals surface area contributed by atoms with Gasteiger partial charge in [-0.05, 0) is 12.1 Å². The van der Waals surface area contributed by atoms with Gasteiger partial charge in [0.1, 0.15) is 18.8 Å². The van der Waals surface area contributed by atoms with Crippen LogP contribution in [0.3, 0.4) is 0 Å². The number of esters is 2. The summed E-state index contributed by atoms with van der Waals surface area (Å²) in [6.07, 6.45) is -0.310. The van der Waals surface area contributed by atoms with Gasteiger partial charge in [0.2, 0.25) is 6.10 Å². The first-order chi connectivity index (χ1) is 11.1. The first-order valence-electron chi connectivity index (χ1n) is 6.97. The third-order valence-corrected chi connectivity index (χ3v) is 3.59. The lowest BCUT2D eigenvalue weighted by Gasteiger charge is -2.17. The summed E-state index contributed by atoms with van der Waals surface area (Å²) in [5.74, 6) is 0.802. The summed E-state index contributed by atoms with van der Waals surface area (Å²) in [5.41, 5.74) is 0.294. The van der Waals surface area contributed by atoms with Crippen molar-refractivity contribution in [3.8, 4) is 12.3 Å². The number of rotatable bonds is 4. The lowest BCUT2D eigenvalue weighted by atomic mass is 10.1. The number of hydrogen-bond acceptors (Lipinski definition) is 7. The van der Waals surface area contributed by atoms with Gasteiger partial charge < -0.3 is 24.1 Å². The third-order valence-electron chi connectivity index (χ3n) is 3.59. The zero-order chi connectivity index (χ0) is 16.4. The van der Waals surface area contributed by atoms with Gasteiger partial charge in [-0.15, -0.1) is 6.42 Å². The average molecular weight is 318 g/mol. The highest BCUT2D eigenvalue weighted by molar-refractivity contribution is 5.92. The van der Waals surface area contributed by atoms with Gasteiger partial charge in [-0.1, -0.05) is 24.1 Å². The summed E-state index contributed by atoms with van der Waals surface area (Å²) < 4.78 is 20.8. The Balaban J connectivity index is 1.70. The second-order valence-corrected chi connectivity index (χ2v) is 5.07. The lowest BCUT2D eigenvalue weighted by molar-refractivity contribution is -0.182. The zero-order valence-corrected chi connectivity index (χ0v) is 12.0. The Morgan fingerprint density at radius 1 is 1.30 bits per heavy atom. The van der Waals surface area contributed by atoms with Gasteiger partial charge in [-0.2, -0.15) is 0 Å². The highest BCUT2D eigenvalue weighted by Gasteiger charge is 2.59. The van der Waals surface area contributed by atoms with E-state index in [2.05, 4.69) is 5.92 Å². The summed E-state index contributed by atoms with van der Waals surface area (Å²) in [6.45, 7) is -0.0659. The Kier molecular flexibility index (Phi) is 4.30. The molecule has 3 rings (SSSR count). The molecule has 0 amide bonds. The van der Waals surface area contributed by atoms with Crippen LogP contribution in [0.1, 0.15) is 10.4 Å². The molecule has 7 nitrogen and oxygen atoms in total. The van der Waals surface area contributed by atoms with Crippen LogP contribution < -0.4 is 0 Å². The third kappa shape index (κ3) is 2.92. The molecule has 1 aromatic carbocycles. The van der Waals surface area contributed by atoms with E-state index < -0.39 is 42.6 Å². The molecule has 0 radical (unpaired) electrons. The molecule has 2 aliphatic rings. The number of aliphatic hydroxyl groups excluding tert-OH is 1. The maximum Gasteiger partial charge on any atom is 0.350 e. The SMILES string of the molecule is C#CCO[C@H]1O[C@@H]2[C@@H](OC(=O)[C@@H]2OC(=O)c2ccccc2)[C@@H]1O. The quantitative estimate of drug-likeness (QED) is 0.611. The van der Waals surface area contributed by atoms with E-state index >= 15 is 0 Å². The summed E-state index contributed by atoms with van der Waals surface area (Å²) >= 11 is 0. The fraction of sp³-hybridized carbons (Fsp3) is 0.375. The smallest absolute Gasteiger partial charge is 0.350 e. The van der Waals surface area contributed by atoms with Crippen LogP contribution in [-0.2, 0) is 23.7 Å². The highest BCUT2D eigenvalue weighted by Crippen LogP contribution is 2.34. The van der Waals surface area contributed by atoms with Gasteiger partial charge >= 0.3 is 11.9 Å². The fourth-order valence-corrected chi connectivity index (χ4v) is 2.52. The number of carbonyl (C=O) groups excluding carboxylic acids is 2. The van der Waals surface area contributed by atoms with E-state index in [0.717, 1.165) is 0 Å². The first-order valence-corrected chi connectivity index (χ1v) is 6.97. The van der Waals surface area contributed by atoms with Crippen molar-refractivity contribution in [1.82, 2.24) is 0 Å². The Hall–Kier alpha value is -2.40. The van der Waals surface area contributed by atoms with Crippen LogP contribution in [0.25, 0.3) is 0 Å². The number of aliphatic hydroxyl groups is 1. The van der Waals surface area contributed by atoms with E-state index in [1.165, 1.54) is 0 Å². The molecule has 2 fully saturated rings. The fourth-order valence-electron chi connectivity index (χ4n) is 2.52. The van der Waals surface area contributed by atoms with Crippen LogP contribution >= 0.6 is 0 Å². The predicted octanol–water partition coefficient (Wildman–Crippen LogP) is -0.127. The van der Waals surface area contributed by atoms with Crippen molar-refractivity contribution < 1.29 is 33.6 Å². The van der Waals surface area contributed by atoms with Crippen LogP contribution in [0.4, 0.5) is 0 Å². The van der Waals surface area contributed by atoms with Crippen LogP contribution in [0.5, 0.6) is 0 Å². The molecule has 0 aliphatic carbocycles. The molecule has 0 aromatic heterocycles. The Labute approximate surface area is 132 Å². The van der Waals surface area contributed by atoms with E-state index in [0.29, 0.717) is 5.56 Å². The maximum absolute atomic E-state index is 12.1. The van der Waals surface area contributed by atoms with Gasteiger partial charge in [0.25, 0.3) is 0 Å². The minimum absolute atomic E-state index is 0.0659. The lowest BCUT2D eigenvalue weighted by Crippen LogP contribution is -2.35. The second-order valence-electron chi connectivity index (χ2n) is 5.07. The van der Waals surface area contributed by atoms with Crippen molar-refractivity contribution in [2.24, 2.45) is 0 Å². The van der Waals surface area contributed by atoms with Crippen molar-refractivity contribution in [2.45, 2.75) is 30.7 Å². The van der Waals surface area contributed by atoms with Crippen LogP contribution in [-0.4, -0.2) is 54.4 Å². The molecule has 120 valence electrons. The molecule has 0 spiro atoms. The summed E-state index contributed by atoms with van der Waals surface area (Å²) in [6, 6.07) is 8.21. The second kappa shape index (κ2) is 6.38. The van der Waals surface area contributed by atoms with Gasteiger partial charge in [0, 0.05) is 0 Å². The Bertz CT molecular complexity index is 636. The van der Waals surface area contributed by atoms with E-state index in [4.69, 9.17) is 25.4 Å². The van der Waals surface area contributed by atoms with Crippen LogP contribution in [0.15, 0.2) is 30.3 Å². The van der Waals surface area contributed by atoms with E-state index in [1.54, 1.807) is 30.3 Å². The van der Waals surface area contributed by atoms with Crippen molar-refractivity contribution in [2.75, 3.05) is 6.61 Å². The molecule has 5 atom stereocenters. The number of carbonyl (C=O) groups is 2. The van der Waals surface area contributed by atoms with Gasteiger partial charge in [-0.3, -0.25) is 0 Å². The number of ether oxygens (including phenoxy) is 4. The zero-order valence-electron chi connectivity index (χ0n) is 12.0. The molecule has 2 saturated heterocycles. The van der Waals surface area contributed by atoms with E-state index in [-0.39, 0.29) is 6.61 Å². The number of terminal acetylenes is 1. The molecule has 0 saturated carbocycles. The van der Waals surface area contributed by atoms with Crippen molar-refractivity contribution >= 4 is 11.9 Å². The standard InChI is InChI=1S/C16H14O7/c1-2-8-20-16-10(17)11-12(23-16)13(15(19)21-11)22-14(18)9-6-4-3-5-7-9/h1,3-7,10-13,16-17H,8H2/t10-,11-,12+,13+,16-/m0/s1. The molecule has 1 N–H and O–H groups in total. The maximum atomic E-state index is 12.1. The molecule has 2 heterocycles. The van der Waals surface area contributed by atoms with Crippen molar-refractivity contribution in [3.05, 3.63) is 35.9 Å². The van der Waals surface area contributed by atoms with E-state index in [1.807, 2.05) is 0 Å². The average Bonchev–Trinajstić information content (AvgIpc) is 3.03. The molecule has 1 aromatic rings. The first kappa shape index (κ1) is 15.5. The topological polar surface area (TPSA) is 91.3 Å². The summed E-state index contributed by atoms with van der Waals surface area (Å²) in [4.78, 5) is 23.9. The Morgan fingerprint density at radius 2 is 2.04 bits per heavy atom. The molecule has 2 aliphatic heterocycles. The van der Waals surface area contributed by atoms with Gasteiger partial charge in [-0.25, -0.2) is 9.59 Å². The van der Waals surface area contributed by atoms with Crippen molar-refractivity contribution in [1.29, 1.82) is 0 Å². The van der Waals surface area contributed by atoms with Crippen LogP contribution in [0.2, 0.25) is 0 Å². The molecule has 0 bridgehead atoms. The Morgan fingerprint density at radius 3 is 2.74 bits per heavy atom. The molecule has 0 unspecified atom stereocenters.